The number of rotatable bonds is 0. The molecule has 0 aromatic carbocycles. The summed E-state index contributed by atoms with van der Waals surface area (Å²) in [6, 6.07) is 0. The van der Waals surface area contributed by atoms with E-state index >= 15 is 0 Å². The minimum atomic E-state index is 0. The van der Waals surface area contributed by atoms with E-state index in [1.54, 1.807) is 0 Å². The number of nitrogens with two attached hydrogens (primary N) is 1. The Balaban J connectivity index is 0. The third-order valence-electron chi connectivity index (χ3n) is 0. The zero-order valence-electron chi connectivity index (χ0n) is 2.78. The van der Waals surface area contributed by atoms with Gasteiger partial charge in [0.15, 0.2) is 0 Å². The molecule has 2 heteroatoms. The maximum absolute atomic E-state index is 4.85. The van der Waals surface area contributed by atoms with E-state index in [9.17, 15) is 0 Å². The van der Waals surface area contributed by atoms with Crippen molar-refractivity contribution in [3.8, 4) is 0 Å². The van der Waals surface area contributed by atoms with Crippen LogP contribution in [0.4, 0.5) is 0 Å². The third kappa shape index (κ3) is 41.3. The monoisotopic (exact) mass is 79.0 g/mol. The summed E-state index contributed by atoms with van der Waals surface area (Å²) in [5.74, 6) is 0. The molecule has 0 atom stereocenters. The molecule has 0 aliphatic rings. The first-order chi connectivity index (χ1) is 1.41. The molecule has 0 amide bonds. The van der Waals surface area contributed by atoms with Gasteiger partial charge in [-0.05, 0) is 6.54 Å². The molecule has 28 valence electrons. The molecule has 0 radical (unpaired) electrons. The van der Waals surface area contributed by atoms with Crippen molar-refractivity contribution in [2.45, 2.75) is 6.92 Å². The number of hydrogen-bond acceptors (Lipinski definition) is 1. The van der Waals surface area contributed by atoms with Crippen molar-refractivity contribution in [2.75, 3.05) is 6.54 Å². The van der Waals surface area contributed by atoms with Crippen molar-refractivity contribution in [3.05, 3.63) is 0 Å². The predicted molar refractivity (Wildman–Crippen MR) is 25.1 cm³/mol. The van der Waals surface area contributed by atoms with E-state index < -0.39 is 0 Å². The van der Waals surface area contributed by atoms with Crippen molar-refractivity contribution < 1.29 is 0 Å². The standard InChI is InChI=1S/C2H7N.H2S/c1-2-3;/h2-3H2,1H3;1H2. The maximum atomic E-state index is 4.85. The quantitative estimate of drug-likeness (QED) is 0.437. The summed E-state index contributed by atoms with van der Waals surface area (Å²) >= 11 is 0. The van der Waals surface area contributed by atoms with Crippen LogP contribution in [-0.4, -0.2) is 6.54 Å². The minimum absolute atomic E-state index is 0. The maximum Gasteiger partial charge on any atom is -0.0106 e. The second-order valence-electron chi connectivity index (χ2n) is 0.408. The van der Waals surface area contributed by atoms with E-state index in [1.165, 1.54) is 0 Å². The van der Waals surface area contributed by atoms with Gasteiger partial charge in [-0.2, -0.15) is 13.5 Å². The Morgan fingerprint density at radius 3 is 1.75 bits per heavy atom. The minimum Gasteiger partial charge on any atom is -0.331 e. The Morgan fingerprint density at radius 1 is 1.75 bits per heavy atom. The first-order valence-corrected chi connectivity index (χ1v) is 1.12. The zero-order chi connectivity index (χ0) is 2.71. The van der Waals surface area contributed by atoms with Crippen molar-refractivity contribution in [1.82, 2.24) is 0 Å². The average molecular weight is 79.2 g/mol. The summed E-state index contributed by atoms with van der Waals surface area (Å²) in [6.07, 6.45) is 0. The normalized spacial score (nSPS) is 4.50. The van der Waals surface area contributed by atoms with Crippen LogP contribution < -0.4 is 5.73 Å². The van der Waals surface area contributed by atoms with Gasteiger partial charge in [0, 0.05) is 0 Å². The Labute approximate surface area is 33.6 Å². The molecule has 0 aliphatic heterocycles. The Kier molecular flexibility index (Phi) is 22.8. The number of hydrogen-bond donors (Lipinski definition) is 1. The lowest BCUT2D eigenvalue weighted by Gasteiger charge is -1.53. The molecule has 1 nitrogen and oxygen atoms in total. The largest absolute Gasteiger partial charge is 0.331 e. The molecule has 0 rings (SSSR count). The van der Waals surface area contributed by atoms with Gasteiger partial charge in [0.25, 0.3) is 0 Å². The average Bonchev–Trinajstić information content (AvgIpc) is 0.918. The molecule has 0 aromatic heterocycles. The molecule has 0 aliphatic carbocycles. The molecule has 0 heterocycles. The van der Waals surface area contributed by atoms with Crippen LogP contribution in [0.5, 0.6) is 0 Å². The first-order valence-electron chi connectivity index (χ1n) is 1.12. The SMILES string of the molecule is CCN.S. The second-order valence-corrected chi connectivity index (χ2v) is 0.408. The zero-order valence-corrected chi connectivity index (χ0v) is 3.78. The molecule has 0 saturated heterocycles. The van der Waals surface area contributed by atoms with Gasteiger partial charge in [0.05, 0.1) is 0 Å². The summed E-state index contributed by atoms with van der Waals surface area (Å²) in [4.78, 5) is 0. The molecule has 0 saturated carbocycles. The molecule has 2 N–H and O–H groups in total. The topological polar surface area (TPSA) is 26.0 Å². The highest BCUT2D eigenvalue weighted by molar-refractivity contribution is 7.59. The third-order valence-corrected chi connectivity index (χ3v) is 0. The highest BCUT2D eigenvalue weighted by atomic mass is 32.1. The molecule has 4 heavy (non-hydrogen) atoms. The Morgan fingerprint density at radius 2 is 1.75 bits per heavy atom. The highest BCUT2D eigenvalue weighted by Gasteiger charge is 1.32. The summed E-state index contributed by atoms with van der Waals surface area (Å²) in [5.41, 5.74) is 4.85. The molecule has 0 aromatic rings. The van der Waals surface area contributed by atoms with Gasteiger partial charge in [-0.1, -0.05) is 6.92 Å². The van der Waals surface area contributed by atoms with Crippen LogP contribution in [0.3, 0.4) is 0 Å². The molecule has 0 bridgehead atoms. The van der Waals surface area contributed by atoms with Crippen molar-refractivity contribution in [1.29, 1.82) is 0 Å². The van der Waals surface area contributed by atoms with Gasteiger partial charge >= 0.3 is 0 Å². The van der Waals surface area contributed by atoms with E-state index in [-0.39, 0.29) is 13.5 Å². The Hall–Kier alpha value is 0.310. The van der Waals surface area contributed by atoms with Crippen LogP contribution in [0.2, 0.25) is 0 Å². The van der Waals surface area contributed by atoms with E-state index in [4.69, 9.17) is 5.73 Å². The lowest BCUT2D eigenvalue weighted by atomic mass is 10.8. The fraction of sp³-hybridized carbons (Fsp3) is 1.00. The highest BCUT2D eigenvalue weighted by Crippen LogP contribution is 1.20. The van der Waals surface area contributed by atoms with Crippen LogP contribution in [0, 0.1) is 0 Å². The van der Waals surface area contributed by atoms with Crippen molar-refractivity contribution in [3.63, 3.8) is 0 Å². The van der Waals surface area contributed by atoms with Crippen LogP contribution >= 0.6 is 13.5 Å². The summed E-state index contributed by atoms with van der Waals surface area (Å²) in [6.45, 7) is 2.65. The van der Waals surface area contributed by atoms with E-state index in [0.29, 0.717) is 0 Å². The van der Waals surface area contributed by atoms with Crippen LogP contribution in [0.1, 0.15) is 6.92 Å². The van der Waals surface area contributed by atoms with E-state index in [2.05, 4.69) is 0 Å². The van der Waals surface area contributed by atoms with Gasteiger partial charge in [-0.3, -0.25) is 0 Å². The lowest BCUT2D eigenvalue weighted by Crippen LogP contribution is -1.87. The van der Waals surface area contributed by atoms with Crippen LogP contribution in [0.15, 0.2) is 0 Å². The van der Waals surface area contributed by atoms with Crippen molar-refractivity contribution >= 4 is 13.5 Å². The predicted octanol–water partition coefficient (Wildman–Crippen LogP) is 0.0778. The first kappa shape index (κ1) is 8.85. The molecule has 0 unspecified atom stereocenters. The van der Waals surface area contributed by atoms with Crippen molar-refractivity contribution in [2.24, 2.45) is 5.73 Å². The molecular formula is C2H9NS. The fourth-order valence-electron chi connectivity index (χ4n) is 0. The summed E-state index contributed by atoms with van der Waals surface area (Å²) < 4.78 is 0. The fourth-order valence-corrected chi connectivity index (χ4v) is 0. The smallest absolute Gasteiger partial charge is 0.0106 e. The summed E-state index contributed by atoms with van der Waals surface area (Å²) in [7, 11) is 0. The van der Waals surface area contributed by atoms with E-state index in [0.717, 1.165) is 6.54 Å². The van der Waals surface area contributed by atoms with Crippen LogP contribution in [-0.2, 0) is 0 Å². The second kappa shape index (κ2) is 10.3. The van der Waals surface area contributed by atoms with Gasteiger partial charge in [-0.15, -0.1) is 0 Å². The lowest BCUT2D eigenvalue weighted by molar-refractivity contribution is 1.14. The summed E-state index contributed by atoms with van der Waals surface area (Å²) in [5, 5.41) is 0. The Bertz CT molecular complexity index is 6.00. The molecule has 0 fully saturated rings. The van der Waals surface area contributed by atoms with Gasteiger partial charge in [0.2, 0.25) is 0 Å². The van der Waals surface area contributed by atoms with Crippen LogP contribution in [0.25, 0.3) is 0 Å². The van der Waals surface area contributed by atoms with Gasteiger partial charge in [-0.25, -0.2) is 0 Å². The molecule has 0 spiro atoms. The van der Waals surface area contributed by atoms with Gasteiger partial charge < -0.3 is 5.73 Å². The van der Waals surface area contributed by atoms with E-state index in [1.807, 2.05) is 6.92 Å². The molecular weight excluding hydrogens is 70.1 g/mol. The van der Waals surface area contributed by atoms with Gasteiger partial charge in [0.1, 0.15) is 0 Å².